The van der Waals surface area contributed by atoms with Gasteiger partial charge in [-0.05, 0) is 26.2 Å². The summed E-state index contributed by atoms with van der Waals surface area (Å²) in [5.74, 6) is 0.605. The molecule has 3 aliphatic rings. The molecule has 1 spiro atoms. The van der Waals surface area contributed by atoms with Crippen LogP contribution < -0.4 is 0 Å². The van der Waals surface area contributed by atoms with E-state index >= 15 is 0 Å². The number of hydrogen-bond donors (Lipinski definition) is 0. The lowest BCUT2D eigenvalue weighted by molar-refractivity contribution is -0.163. The molecule has 0 bridgehead atoms. The zero-order chi connectivity index (χ0) is 12.4. The molecule has 3 aliphatic heterocycles. The zero-order valence-corrected chi connectivity index (χ0v) is 11.4. The van der Waals surface area contributed by atoms with Crippen molar-refractivity contribution in [3.8, 4) is 0 Å². The largest absolute Gasteiger partial charge is 0.381 e. The number of nitrogens with zero attached hydrogens (tertiary/aromatic N) is 1. The van der Waals surface area contributed by atoms with E-state index in [-0.39, 0.29) is 5.60 Å². The predicted molar refractivity (Wildman–Crippen MR) is 68.7 cm³/mol. The van der Waals surface area contributed by atoms with E-state index in [9.17, 15) is 0 Å². The van der Waals surface area contributed by atoms with E-state index in [0.717, 1.165) is 52.2 Å². The molecule has 3 rings (SSSR count). The van der Waals surface area contributed by atoms with E-state index < -0.39 is 0 Å². The molecule has 3 heterocycles. The molecule has 0 radical (unpaired) electrons. The Kier molecular flexibility index (Phi) is 3.89. The molecule has 1 atom stereocenters. The standard InChI is InChI=1S/C14H25NO3/c1-2-16-9-12-3-8-18-14(12)10-15(11-14)13-4-6-17-7-5-13/h12-13H,2-11H2,1H3. The fourth-order valence-corrected chi connectivity index (χ4v) is 3.58. The van der Waals surface area contributed by atoms with Gasteiger partial charge in [0.1, 0.15) is 0 Å². The first-order valence-electron chi connectivity index (χ1n) is 7.37. The fraction of sp³-hybridized carbons (Fsp3) is 1.00. The van der Waals surface area contributed by atoms with Crippen molar-refractivity contribution < 1.29 is 14.2 Å². The summed E-state index contributed by atoms with van der Waals surface area (Å²) in [5.41, 5.74) is 0.119. The van der Waals surface area contributed by atoms with Crippen molar-refractivity contribution in [2.75, 3.05) is 46.1 Å². The molecule has 0 aromatic carbocycles. The first kappa shape index (κ1) is 12.9. The van der Waals surface area contributed by atoms with Crippen molar-refractivity contribution in [2.45, 2.75) is 37.8 Å². The maximum Gasteiger partial charge on any atom is 0.0985 e. The highest BCUT2D eigenvalue weighted by Crippen LogP contribution is 2.41. The normalized spacial score (nSPS) is 32.8. The van der Waals surface area contributed by atoms with E-state index in [1.54, 1.807) is 0 Å². The Balaban J connectivity index is 1.52. The molecule has 0 saturated carbocycles. The molecule has 104 valence electrons. The quantitative estimate of drug-likeness (QED) is 0.757. The minimum atomic E-state index is 0.119. The van der Waals surface area contributed by atoms with Gasteiger partial charge in [0.25, 0.3) is 0 Å². The second kappa shape index (κ2) is 5.45. The molecule has 4 nitrogen and oxygen atoms in total. The molecule has 0 aromatic heterocycles. The smallest absolute Gasteiger partial charge is 0.0985 e. The van der Waals surface area contributed by atoms with Crippen LogP contribution in [0.15, 0.2) is 0 Å². The second-order valence-corrected chi connectivity index (χ2v) is 5.81. The minimum absolute atomic E-state index is 0.119. The topological polar surface area (TPSA) is 30.9 Å². The summed E-state index contributed by atoms with van der Waals surface area (Å²) in [6.45, 7) is 8.74. The van der Waals surface area contributed by atoms with Gasteiger partial charge < -0.3 is 14.2 Å². The van der Waals surface area contributed by atoms with Crippen LogP contribution in [0, 0.1) is 5.92 Å². The van der Waals surface area contributed by atoms with Crippen molar-refractivity contribution in [1.29, 1.82) is 0 Å². The SMILES string of the molecule is CCOCC1CCOC12CN(C1CCOCC1)C2. The highest BCUT2D eigenvalue weighted by molar-refractivity contribution is 5.06. The van der Waals surface area contributed by atoms with Gasteiger partial charge in [0.15, 0.2) is 0 Å². The number of ether oxygens (including phenoxy) is 3. The molecule has 0 amide bonds. The van der Waals surface area contributed by atoms with Crippen LogP contribution in [0.3, 0.4) is 0 Å². The summed E-state index contributed by atoms with van der Waals surface area (Å²) >= 11 is 0. The van der Waals surface area contributed by atoms with Crippen LogP contribution in [-0.2, 0) is 14.2 Å². The molecule has 0 aliphatic carbocycles. The average molecular weight is 255 g/mol. The summed E-state index contributed by atoms with van der Waals surface area (Å²) in [6.07, 6.45) is 3.54. The van der Waals surface area contributed by atoms with E-state index in [0.29, 0.717) is 5.92 Å². The predicted octanol–water partition coefficient (Wildman–Crippen LogP) is 1.29. The molecule has 0 N–H and O–H groups in total. The number of rotatable bonds is 4. The van der Waals surface area contributed by atoms with E-state index in [2.05, 4.69) is 11.8 Å². The van der Waals surface area contributed by atoms with Gasteiger partial charge in [0, 0.05) is 51.5 Å². The summed E-state index contributed by atoms with van der Waals surface area (Å²) < 4.78 is 17.1. The molecule has 1 unspecified atom stereocenters. The lowest BCUT2D eigenvalue weighted by Crippen LogP contribution is -2.68. The first-order chi connectivity index (χ1) is 8.84. The Hall–Kier alpha value is -0.160. The van der Waals surface area contributed by atoms with Gasteiger partial charge in [0.05, 0.1) is 12.2 Å². The molecule has 3 saturated heterocycles. The second-order valence-electron chi connectivity index (χ2n) is 5.81. The first-order valence-corrected chi connectivity index (χ1v) is 7.37. The van der Waals surface area contributed by atoms with Gasteiger partial charge in [-0.15, -0.1) is 0 Å². The molecule has 0 aromatic rings. The van der Waals surface area contributed by atoms with Gasteiger partial charge in [-0.1, -0.05) is 0 Å². The Bertz CT molecular complexity index is 272. The van der Waals surface area contributed by atoms with E-state index in [4.69, 9.17) is 14.2 Å². The third kappa shape index (κ3) is 2.31. The van der Waals surface area contributed by atoms with Crippen molar-refractivity contribution in [3.05, 3.63) is 0 Å². The summed E-state index contributed by atoms with van der Waals surface area (Å²) in [6, 6.07) is 0.723. The van der Waals surface area contributed by atoms with E-state index in [1.807, 2.05) is 0 Å². The van der Waals surface area contributed by atoms with E-state index in [1.165, 1.54) is 19.3 Å². The Labute approximate surface area is 110 Å². The lowest BCUT2D eigenvalue weighted by Gasteiger charge is -2.54. The van der Waals surface area contributed by atoms with Gasteiger partial charge in [-0.2, -0.15) is 0 Å². The van der Waals surface area contributed by atoms with Crippen LogP contribution in [0.2, 0.25) is 0 Å². The molecule has 18 heavy (non-hydrogen) atoms. The van der Waals surface area contributed by atoms with Crippen LogP contribution in [0.5, 0.6) is 0 Å². The Morgan fingerprint density at radius 3 is 2.67 bits per heavy atom. The van der Waals surface area contributed by atoms with Gasteiger partial charge >= 0.3 is 0 Å². The van der Waals surface area contributed by atoms with Crippen molar-refractivity contribution in [3.63, 3.8) is 0 Å². The van der Waals surface area contributed by atoms with Gasteiger partial charge in [0.2, 0.25) is 0 Å². The van der Waals surface area contributed by atoms with Crippen LogP contribution in [-0.4, -0.2) is 62.7 Å². The summed E-state index contributed by atoms with van der Waals surface area (Å²) in [7, 11) is 0. The van der Waals surface area contributed by atoms with Gasteiger partial charge in [-0.25, -0.2) is 0 Å². The van der Waals surface area contributed by atoms with Crippen LogP contribution >= 0.6 is 0 Å². The van der Waals surface area contributed by atoms with Crippen LogP contribution in [0.4, 0.5) is 0 Å². The Morgan fingerprint density at radius 2 is 1.94 bits per heavy atom. The molecule has 4 heteroatoms. The van der Waals surface area contributed by atoms with Crippen molar-refractivity contribution in [2.24, 2.45) is 5.92 Å². The summed E-state index contributed by atoms with van der Waals surface area (Å²) in [4.78, 5) is 2.59. The molecular formula is C14H25NO3. The zero-order valence-electron chi connectivity index (χ0n) is 11.4. The third-order valence-electron chi connectivity index (χ3n) is 4.77. The maximum absolute atomic E-state index is 6.05. The van der Waals surface area contributed by atoms with Crippen LogP contribution in [0.25, 0.3) is 0 Å². The lowest BCUT2D eigenvalue weighted by atomic mass is 9.79. The summed E-state index contributed by atoms with van der Waals surface area (Å²) in [5, 5.41) is 0. The van der Waals surface area contributed by atoms with Crippen molar-refractivity contribution >= 4 is 0 Å². The molecule has 3 fully saturated rings. The Morgan fingerprint density at radius 1 is 1.17 bits per heavy atom. The molecular weight excluding hydrogens is 230 g/mol. The average Bonchev–Trinajstić information content (AvgIpc) is 2.79. The number of likely N-dealkylation sites (tertiary alicyclic amines) is 1. The highest BCUT2D eigenvalue weighted by atomic mass is 16.5. The van der Waals surface area contributed by atoms with Gasteiger partial charge in [-0.3, -0.25) is 4.90 Å². The minimum Gasteiger partial charge on any atom is -0.381 e. The van der Waals surface area contributed by atoms with Crippen molar-refractivity contribution in [1.82, 2.24) is 4.90 Å². The van der Waals surface area contributed by atoms with Crippen LogP contribution in [0.1, 0.15) is 26.2 Å². The monoisotopic (exact) mass is 255 g/mol. The number of hydrogen-bond acceptors (Lipinski definition) is 4. The maximum atomic E-state index is 6.05. The highest BCUT2D eigenvalue weighted by Gasteiger charge is 2.54. The fourth-order valence-electron chi connectivity index (χ4n) is 3.58. The third-order valence-corrected chi connectivity index (χ3v) is 4.77.